The summed E-state index contributed by atoms with van der Waals surface area (Å²) in [5.41, 5.74) is 5.34. The van der Waals surface area contributed by atoms with Crippen LogP contribution in [0.5, 0.6) is 0 Å². The van der Waals surface area contributed by atoms with E-state index in [1.54, 1.807) is 0 Å². The maximum absolute atomic E-state index is 12.6. The first-order valence-electron chi connectivity index (χ1n) is 21.5. The van der Waals surface area contributed by atoms with Crippen LogP contribution in [0.15, 0.2) is 72.9 Å². The highest BCUT2D eigenvalue weighted by Crippen LogP contribution is 2.43. The van der Waals surface area contributed by atoms with Gasteiger partial charge in [-0.05, 0) is 83.5 Å². The zero-order valence-electron chi connectivity index (χ0n) is 34.8. The monoisotopic (exact) mass is 806 g/mol. The van der Waals surface area contributed by atoms with Gasteiger partial charge in [0, 0.05) is 19.4 Å². The second kappa shape index (κ2) is 36.7. The SMILES string of the molecule is CCCCC/C=C\C/C=C\C/C=C\CCCCCCC(=O)O[C@H](COC(=O)CCC/C=C\C/C=C\C/C=C\CC1OC1CCCCC)COP(=O)(O)OCCN. The highest BCUT2D eigenvalue weighted by molar-refractivity contribution is 7.47. The van der Waals surface area contributed by atoms with E-state index in [2.05, 4.69) is 80.7 Å². The van der Waals surface area contributed by atoms with E-state index in [0.29, 0.717) is 25.0 Å². The predicted molar refractivity (Wildman–Crippen MR) is 228 cm³/mol. The summed E-state index contributed by atoms with van der Waals surface area (Å²) < 4.78 is 38.4. The van der Waals surface area contributed by atoms with Gasteiger partial charge in [-0.25, -0.2) is 4.57 Å². The van der Waals surface area contributed by atoms with Gasteiger partial charge in [-0.1, -0.05) is 132 Å². The number of esters is 2. The maximum Gasteiger partial charge on any atom is 0.472 e. The fourth-order valence-electron chi connectivity index (χ4n) is 5.67. The minimum absolute atomic E-state index is 0.0366. The topological polar surface area (TPSA) is 147 Å². The van der Waals surface area contributed by atoms with Crippen molar-refractivity contribution in [3.63, 3.8) is 0 Å². The summed E-state index contributed by atoms with van der Waals surface area (Å²) in [6.45, 7) is 3.56. The highest BCUT2D eigenvalue weighted by atomic mass is 31.2. The molecule has 1 heterocycles. The molecule has 10 nitrogen and oxygen atoms in total. The average Bonchev–Trinajstić information content (AvgIpc) is 3.94. The molecule has 3 unspecified atom stereocenters. The number of carbonyl (C=O) groups excluding carboxylic acids is 2. The number of phosphoric acid groups is 1. The van der Waals surface area contributed by atoms with Crippen molar-refractivity contribution in [3.05, 3.63) is 72.9 Å². The van der Waals surface area contributed by atoms with E-state index in [1.807, 2.05) is 6.08 Å². The summed E-state index contributed by atoms with van der Waals surface area (Å²) in [4.78, 5) is 34.8. The lowest BCUT2D eigenvalue weighted by molar-refractivity contribution is -0.161. The standard InChI is InChI=1S/C45H76NO9P/c1-3-5-7-8-9-10-11-12-13-14-15-16-17-22-25-28-32-36-45(48)54-41(40-53-56(49,50)52-38-37-46)39-51-44(47)35-31-27-24-21-19-18-20-23-26-30-34-43-42(55-43)33-29-6-4-2/h9-10,12-13,15-16,18,20-21,24,26,30,41-43H,3-8,11,14,17,19,22-23,25,27-29,31-40,46H2,1-2H3,(H,49,50)/b10-9-,13-12-,16-15-,20-18-,24-21-,30-26-/t41-,42?,43?/m1/s1. The second-order valence-electron chi connectivity index (χ2n) is 14.2. The van der Waals surface area contributed by atoms with E-state index < -0.39 is 32.5 Å². The van der Waals surface area contributed by atoms with Gasteiger partial charge in [0.15, 0.2) is 6.10 Å². The van der Waals surface area contributed by atoms with Crippen molar-refractivity contribution in [2.45, 2.75) is 173 Å². The average molecular weight is 806 g/mol. The number of unbranched alkanes of at least 4 members (excludes halogenated alkanes) is 10. The van der Waals surface area contributed by atoms with Crippen LogP contribution in [0.2, 0.25) is 0 Å². The summed E-state index contributed by atoms with van der Waals surface area (Å²) in [6, 6.07) is 0. The quantitative estimate of drug-likeness (QED) is 0.0203. The molecule has 0 aromatic carbocycles. The van der Waals surface area contributed by atoms with Crippen molar-refractivity contribution in [3.8, 4) is 0 Å². The molecule has 0 spiro atoms. The molecule has 1 aliphatic rings. The van der Waals surface area contributed by atoms with Crippen molar-refractivity contribution in [1.82, 2.24) is 0 Å². The van der Waals surface area contributed by atoms with Gasteiger partial charge in [0.2, 0.25) is 0 Å². The maximum atomic E-state index is 12.6. The third kappa shape index (κ3) is 33.5. The van der Waals surface area contributed by atoms with E-state index in [-0.39, 0.29) is 32.6 Å². The zero-order chi connectivity index (χ0) is 40.8. The Bertz CT molecular complexity index is 1210. The zero-order valence-corrected chi connectivity index (χ0v) is 35.7. The van der Waals surface area contributed by atoms with Crippen LogP contribution in [-0.2, 0) is 37.4 Å². The summed E-state index contributed by atoms with van der Waals surface area (Å²) >= 11 is 0. The van der Waals surface area contributed by atoms with Gasteiger partial charge < -0.3 is 24.8 Å². The minimum atomic E-state index is -4.40. The number of phosphoric ester groups is 1. The molecular formula is C45H76NO9P. The van der Waals surface area contributed by atoms with Gasteiger partial charge in [-0.2, -0.15) is 0 Å². The van der Waals surface area contributed by atoms with Crippen LogP contribution >= 0.6 is 7.82 Å². The van der Waals surface area contributed by atoms with Crippen molar-refractivity contribution in [2.75, 3.05) is 26.4 Å². The number of rotatable bonds is 38. The second-order valence-corrected chi connectivity index (χ2v) is 15.7. The van der Waals surface area contributed by atoms with Crippen molar-refractivity contribution < 1.29 is 42.3 Å². The van der Waals surface area contributed by atoms with E-state index in [0.717, 1.165) is 64.2 Å². The van der Waals surface area contributed by atoms with Gasteiger partial charge in [0.1, 0.15) is 6.61 Å². The normalized spacial score (nSPS) is 17.6. The lowest BCUT2D eigenvalue weighted by atomic mass is 10.1. The molecule has 0 radical (unpaired) electrons. The van der Waals surface area contributed by atoms with Crippen LogP contribution in [-0.4, -0.2) is 61.5 Å². The summed E-state index contributed by atoms with van der Waals surface area (Å²) in [7, 11) is -4.40. The first-order valence-corrected chi connectivity index (χ1v) is 23.0. The van der Waals surface area contributed by atoms with Crippen LogP contribution in [0, 0.1) is 0 Å². The summed E-state index contributed by atoms with van der Waals surface area (Å²) in [6.07, 6.45) is 46.8. The largest absolute Gasteiger partial charge is 0.472 e. The van der Waals surface area contributed by atoms with Gasteiger partial charge >= 0.3 is 19.8 Å². The van der Waals surface area contributed by atoms with Crippen molar-refractivity contribution in [1.29, 1.82) is 0 Å². The first kappa shape index (κ1) is 51.4. The predicted octanol–water partition coefficient (Wildman–Crippen LogP) is 11.3. The Morgan fingerprint density at radius 2 is 1.18 bits per heavy atom. The molecule has 3 N–H and O–H groups in total. The van der Waals surface area contributed by atoms with Crippen LogP contribution < -0.4 is 5.73 Å². The van der Waals surface area contributed by atoms with E-state index >= 15 is 0 Å². The number of allylic oxidation sites excluding steroid dienone is 11. The Balaban J connectivity index is 2.24. The fraction of sp³-hybridized carbons (Fsp3) is 0.689. The van der Waals surface area contributed by atoms with E-state index in [1.165, 1.54) is 51.4 Å². The van der Waals surface area contributed by atoms with Crippen molar-refractivity contribution >= 4 is 19.8 Å². The number of ether oxygens (including phenoxy) is 3. The smallest absolute Gasteiger partial charge is 0.462 e. The molecule has 1 rings (SSSR count). The molecule has 0 aromatic heterocycles. The number of epoxide rings is 1. The Labute approximate surface area is 339 Å². The molecule has 320 valence electrons. The molecule has 1 saturated heterocycles. The van der Waals surface area contributed by atoms with Crippen LogP contribution in [0.3, 0.4) is 0 Å². The Morgan fingerprint density at radius 3 is 1.80 bits per heavy atom. The molecular weight excluding hydrogens is 729 g/mol. The van der Waals surface area contributed by atoms with Gasteiger partial charge in [0.25, 0.3) is 0 Å². The molecule has 1 fully saturated rings. The number of nitrogens with two attached hydrogens (primary N) is 1. The Morgan fingerprint density at radius 1 is 0.643 bits per heavy atom. The summed E-state index contributed by atoms with van der Waals surface area (Å²) in [5, 5.41) is 0. The van der Waals surface area contributed by atoms with Gasteiger partial charge in [-0.15, -0.1) is 0 Å². The highest BCUT2D eigenvalue weighted by Gasteiger charge is 2.36. The van der Waals surface area contributed by atoms with E-state index in [4.69, 9.17) is 29.0 Å². The van der Waals surface area contributed by atoms with Crippen LogP contribution in [0.4, 0.5) is 0 Å². The molecule has 11 heteroatoms. The molecule has 0 aromatic rings. The molecule has 0 aliphatic carbocycles. The number of hydrogen-bond acceptors (Lipinski definition) is 9. The minimum Gasteiger partial charge on any atom is -0.462 e. The van der Waals surface area contributed by atoms with Gasteiger partial charge in [0.05, 0.1) is 25.4 Å². The first-order chi connectivity index (χ1) is 27.3. The number of carbonyl (C=O) groups is 2. The third-order valence-electron chi connectivity index (χ3n) is 8.99. The number of hydrogen-bond donors (Lipinski definition) is 2. The molecule has 0 bridgehead atoms. The lowest BCUT2D eigenvalue weighted by Gasteiger charge is -2.19. The summed E-state index contributed by atoms with van der Waals surface area (Å²) in [5.74, 6) is -0.931. The third-order valence-corrected chi connectivity index (χ3v) is 9.97. The van der Waals surface area contributed by atoms with Gasteiger partial charge in [-0.3, -0.25) is 18.6 Å². The Kier molecular flexibility index (Phi) is 33.7. The molecule has 0 amide bonds. The van der Waals surface area contributed by atoms with Crippen LogP contribution in [0.25, 0.3) is 0 Å². The lowest BCUT2D eigenvalue weighted by Crippen LogP contribution is -2.29. The Hall–Kier alpha value is -2.59. The molecule has 56 heavy (non-hydrogen) atoms. The van der Waals surface area contributed by atoms with Crippen molar-refractivity contribution in [2.24, 2.45) is 5.73 Å². The van der Waals surface area contributed by atoms with E-state index in [9.17, 15) is 19.0 Å². The van der Waals surface area contributed by atoms with Crippen LogP contribution in [0.1, 0.15) is 155 Å². The molecule has 0 saturated carbocycles. The molecule has 4 atom stereocenters. The molecule has 1 aliphatic heterocycles. The fourth-order valence-corrected chi connectivity index (χ4v) is 6.43.